The van der Waals surface area contributed by atoms with Gasteiger partial charge in [-0.05, 0) is 25.0 Å². The number of Topliss-reactive ketones (excluding diaryl/α,β-unsaturated/α-hetero) is 1. The van der Waals surface area contributed by atoms with Crippen LogP contribution in [0, 0.1) is 11.8 Å². The third-order valence-electron chi connectivity index (χ3n) is 4.68. The highest BCUT2D eigenvalue weighted by molar-refractivity contribution is 6.37. The number of aromatic nitrogens is 2. The lowest BCUT2D eigenvalue weighted by atomic mass is 9.86. The van der Waals surface area contributed by atoms with E-state index in [0.717, 1.165) is 5.56 Å². The molecule has 0 radical (unpaired) electrons. The summed E-state index contributed by atoms with van der Waals surface area (Å²) in [4.78, 5) is 47.6. The molecular formula is C20H22N4O3. The molecule has 1 fully saturated rings. The first-order chi connectivity index (χ1) is 13.1. The molecule has 2 amide bonds. The second-order valence-corrected chi connectivity index (χ2v) is 6.51. The summed E-state index contributed by atoms with van der Waals surface area (Å²) in [5, 5.41) is 2.54. The number of hydrogen-bond acceptors (Lipinski definition) is 5. The van der Waals surface area contributed by atoms with Crippen LogP contribution in [0.1, 0.15) is 18.3 Å². The Hall–Kier alpha value is -3.09. The highest BCUT2D eigenvalue weighted by Crippen LogP contribution is 2.30. The average Bonchev–Trinajstić information content (AvgIpc) is 2.99. The van der Waals surface area contributed by atoms with E-state index in [2.05, 4.69) is 15.3 Å². The van der Waals surface area contributed by atoms with Gasteiger partial charge in [0.25, 0.3) is 5.91 Å². The van der Waals surface area contributed by atoms with E-state index in [1.54, 1.807) is 30.3 Å². The molecule has 1 aliphatic heterocycles. The van der Waals surface area contributed by atoms with Gasteiger partial charge in [-0.1, -0.05) is 30.3 Å². The number of likely N-dealkylation sites (N-methyl/N-ethyl adjacent to an activating group) is 1. The van der Waals surface area contributed by atoms with Crippen molar-refractivity contribution in [3.05, 3.63) is 60.2 Å². The van der Waals surface area contributed by atoms with Gasteiger partial charge in [0.1, 0.15) is 5.82 Å². The number of ketones is 1. The molecule has 1 N–H and O–H groups in total. The molecule has 7 nitrogen and oxygen atoms in total. The van der Waals surface area contributed by atoms with Crippen LogP contribution in [0.4, 0.5) is 0 Å². The van der Waals surface area contributed by atoms with Gasteiger partial charge in [-0.3, -0.25) is 14.4 Å². The number of nitrogens with one attached hydrogen (secondary N) is 1. The fraction of sp³-hybridized carbons (Fsp3) is 0.350. The number of hydrogen-bond donors (Lipinski definition) is 1. The van der Waals surface area contributed by atoms with Crippen molar-refractivity contribution < 1.29 is 14.4 Å². The maximum absolute atomic E-state index is 13.0. The van der Waals surface area contributed by atoms with Crippen LogP contribution in [0.3, 0.4) is 0 Å². The quantitative estimate of drug-likeness (QED) is 0.738. The van der Waals surface area contributed by atoms with E-state index in [1.807, 2.05) is 30.3 Å². The summed E-state index contributed by atoms with van der Waals surface area (Å²) >= 11 is 0. The monoisotopic (exact) mass is 366 g/mol. The number of benzene rings is 1. The molecule has 2 atom stereocenters. The summed E-state index contributed by atoms with van der Waals surface area (Å²) in [7, 11) is 0. The Balaban J connectivity index is 1.82. The molecule has 7 heteroatoms. The zero-order chi connectivity index (χ0) is 19.2. The van der Waals surface area contributed by atoms with E-state index >= 15 is 0 Å². The Morgan fingerprint density at radius 2 is 1.85 bits per heavy atom. The van der Waals surface area contributed by atoms with Crippen molar-refractivity contribution in [1.29, 1.82) is 0 Å². The minimum absolute atomic E-state index is 0.144. The van der Waals surface area contributed by atoms with Gasteiger partial charge in [-0.2, -0.15) is 0 Å². The van der Waals surface area contributed by atoms with Crippen LogP contribution in [-0.2, 0) is 27.3 Å². The summed E-state index contributed by atoms with van der Waals surface area (Å²) < 4.78 is 0. The predicted octanol–water partition coefficient (Wildman–Crippen LogP) is 0.999. The van der Waals surface area contributed by atoms with E-state index in [-0.39, 0.29) is 19.0 Å². The molecule has 1 aromatic carbocycles. The van der Waals surface area contributed by atoms with Crippen molar-refractivity contribution in [1.82, 2.24) is 20.2 Å². The molecule has 0 saturated carbocycles. The van der Waals surface area contributed by atoms with E-state index in [0.29, 0.717) is 18.8 Å². The Labute approximate surface area is 157 Å². The first kappa shape index (κ1) is 18.7. The molecule has 27 heavy (non-hydrogen) atoms. The van der Waals surface area contributed by atoms with Crippen molar-refractivity contribution in [2.45, 2.75) is 19.9 Å². The largest absolute Gasteiger partial charge is 0.350 e. The SMILES string of the molecule is CCNC(=O)C(=O)[C@H]1CN(Cc2ncccn2)C(=O)[C@@H]1Cc1ccccc1. The van der Waals surface area contributed by atoms with Crippen LogP contribution >= 0.6 is 0 Å². The van der Waals surface area contributed by atoms with Gasteiger partial charge in [0.05, 0.1) is 18.4 Å². The van der Waals surface area contributed by atoms with Crippen LogP contribution in [0.2, 0.25) is 0 Å². The molecule has 2 aromatic rings. The van der Waals surface area contributed by atoms with Crippen LogP contribution in [0.25, 0.3) is 0 Å². The van der Waals surface area contributed by atoms with Crippen LogP contribution in [-0.4, -0.2) is 45.6 Å². The third-order valence-corrected chi connectivity index (χ3v) is 4.68. The fourth-order valence-corrected chi connectivity index (χ4v) is 3.37. The number of carbonyl (C=O) groups is 3. The highest BCUT2D eigenvalue weighted by Gasteiger charge is 2.45. The lowest BCUT2D eigenvalue weighted by Gasteiger charge is -2.15. The van der Waals surface area contributed by atoms with Crippen LogP contribution in [0.15, 0.2) is 48.8 Å². The second-order valence-electron chi connectivity index (χ2n) is 6.51. The first-order valence-electron chi connectivity index (χ1n) is 9.00. The predicted molar refractivity (Wildman–Crippen MR) is 98.3 cm³/mol. The standard InChI is InChI=1S/C20H22N4O3/c1-2-21-19(26)18(25)16-12-24(13-17-22-9-6-10-23-17)20(27)15(16)11-14-7-4-3-5-8-14/h3-10,15-16H,2,11-13H2,1H3,(H,21,26)/t15-,16+/m1/s1. The minimum atomic E-state index is -0.673. The number of amides is 2. The molecule has 3 rings (SSSR count). The lowest BCUT2D eigenvalue weighted by molar-refractivity contribution is -0.141. The minimum Gasteiger partial charge on any atom is -0.350 e. The summed E-state index contributed by atoms with van der Waals surface area (Å²) in [5.41, 5.74) is 0.961. The van der Waals surface area contributed by atoms with Gasteiger partial charge in [0.2, 0.25) is 11.7 Å². The van der Waals surface area contributed by atoms with Gasteiger partial charge in [0, 0.05) is 25.5 Å². The summed E-state index contributed by atoms with van der Waals surface area (Å²) in [6.45, 7) is 2.55. The molecule has 140 valence electrons. The fourth-order valence-electron chi connectivity index (χ4n) is 3.37. The maximum Gasteiger partial charge on any atom is 0.287 e. The van der Waals surface area contributed by atoms with Crippen molar-refractivity contribution >= 4 is 17.6 Å². The summed E-state index contributed by atoms with van der Waals surface area (Å²) in [6.07, 6.45) is 3.64. The summed E-state index contributed by atoms with van der Waals surface area (Å²) in [6, 6.07) is 11.2. The molecule has 0 spiro atoms. The van der Waals surface area contributed by atoms with Gasteiger partial charge >= 0.3 is 0 Å². The molecule has 0 unspecified atom stereocenters. The molecular weight excluding hydrogens is 344 g/mol. The van der Waals surface area contributed by atoms with Crippen molar-refractivity contribution in [3.8, 4) is 0 Å². The van der Waals surface area contributed by atoms with Crippen molar-refractivity contribution in [3.63, 3.8) is 0 Å². The molecule has 1 aliphatic rings. The van der Waals surface area contributed by atoms with E-state index < -0.39 is 23.5 Å². The zero-order valence-corrected chi connectivity index (χ0v) is 15.2. The molecule has 0 bridgehead atoms. The van der Waals surface area contributed by atoms with E-state index in [9.17, 15) is 14.4 Å². The first-order valence-corrected chi connectivity index (χ1v) is 9.00. The number of rotatable bonds is 7. The topological polar surface area (TPSA) is 92.3 Å². The Morgan fingerprint density at radius 1 is 1.15 bits per heavy atom. The summed E-state index contributed by atoms with van der Waals surface area (Å²) in [5.74, 6) is -2.04. The molecule has 0 aliphatic carbocycles. The third kappa shape index (κ3) is 4.36. The normalized spacial score (nSPS) is 19.1. The molecule has 1 saturated heterocycles. The van der Waals surface area contributed by atoms with Crippen LogP contribution in [0.5, 0.6) is 0 Å². The Morgan fingerprint density at radius 3 is 2.52 bits per heavy atom. The highest BCUT2D eigenvalue weighted by atomic mass is 16.2. The second kappa shape index (κ2) is 8.53. The molecule has 1 aromatic heterocycles. The Kier molecular flexibility index (Phi) is 5.90. The lowest BCUT2D eigenvalue weighted by Crippen LogP contribution is -2.38. The van der Waals surface area contributed by atoms with Crippen LogP contribution < -0.4 is 5.32 Å². The number of likely N-dealkylation sites (tertiary alicyclic amines) is 1. The Bertz CT molecular complexity index is 810. The van der Waals surface area contributed by atoms with Gasteiger partial charge < -0.3 is 10.2 Å². The van der Waals surface area contributed by atoms with Crippen molar-refractivity contribution in [2.75, 3.05) is 13.1 Å². The average molecular weight is 366 g/mol. The number of carbonyl (C=O) groups excluding carboxylic acids is 3. The van der Waals surface area contributed by atoms with Crippen molar-refractivity contribution in [2.24, 2.45) is 11.8 Å². The smallest absolute Gasteiger partial charge is 0.287 e. The van der Waals surface area contributed by atoms with Gasteiger partial charge in [-0.15, -0.1) is 0 Å². The maximum atomic E-state index is 13.0. The molecule has 2 heterocycles. The zero-order valence-electron chi connectivity index (χ0n) is 15.2. The van der Waals surface area contributed by atoms with Gasteiger partial charge in [-0.25, -0.2) is 9.97 Å². The number of nitrogens with zero attached hydrogens (tertiary/aromatic N) is 3. The van der Waals surface area contributed by atoms with Gasteiger partial charge in [0.15, 0.2) is 0 Å². The van der Waals surface area contributed by atoms with E-state index in [1.165, 1.54) is 0 Å². The van der Waals surface area contributed by atoms with E-state index in [4.69, 9.17) is 0 Å².